The Kier molecular flexibility index (Phi) is 5.49. The molecule has 0 unspecified atom stereocenters. The molecule has 5 heteroatoms. The second-order valence-electron chi connectivity index (χ2n) is 7.40. The molecule has 1 N–H and O–H groups in total. The van der Waals surface area contributed by atoms with Gasteiger partial charge >= 0.3 is 0 Å². The highest BCUT2D eigenvalue weighted by molar-refractivity contribution is 6.31. The Labute approximate surface area is 170 Å². The van der Waals surface area contributed by atoms with Crippen LogP contribution in [0, 0.1) is 6.92 Å². The van der Waals surface area contributed by atoms with Gasteiger partial charge < -0.3 is 10.2 Å². The molecule has 0 spiro atoms. The largest absolute Gasteiger partial charge is 0.380 e. The lowest BCUT2D eigenvalue weighted by molar-refractivity contribution is 0.0725. The number of benzene rings is 2. The Morgan fingerprint density at radius 3 is 2.61 bits per heavy atom. The average molecular weight is 394 g/mol. The maximum absolute atomic E-state index is 13.2. The van der Waals surface area contributed by atoms with E-state index in [-0.39, 0.29) is 5.91 Å². The van der Waals surface area contributed by atoms with Gasteiger partial charge in [0.2, 0.25) is 0 Å². The number of likely N-dealkylation sites (tertiary alicyclic amines) is 1. The van der Waals surface area contributed by atoms with Crippen LogP contribution in [-0.2, 0) is 6.54 Å². The highest BCUT2D eigenvalue weighted by atomic mass is 35.5. The topological polar surface area (TPSA) is 45.2 Å². The minimum Gasteiger partial charge on any atom is -0.380 e. The van der Waals surface area contributed by atoms with E-state index in [2.05, 4.69) is 41.5 Å². The molecule has 1 aliphatic heterocycles. The van der Waals surface area contributed by atoms with Crippen LogP contribution in [0.3, 0.4) is 0 Å². The van der Waals surface area contributed by atoms with Crippen molar-refractivity contribution in [3.8, 4) is 0 Å². The molecule has 1 saturated heterocycles. The lowest BCUT2D eigenvalue weighted by Crippen LogP contribution is -2.36. The van der Waals surface area contributed by atoms with E-state index in [0.717, 1.165) is 48.1 Å². The third-order valence-electron chi connectivity index (χ3n) is 5.29. The fourth-order valence-electron chi connectivity index (χ4n) is 3.68. The van der Waals surface area contributed by atoms with Gasteiger partial charge in [-0.1, -0.05) is 41.4 Å². The second-order valence-corrected chi connectivity index (χ2v) is 7.84. The number of hydrogen-bond donors (Lipinski definition) is 1. The molecule has 1 aromatic heterocycles. The molecule has 0 saturated carbocycles. The van der Waals surface area contributed by atoms with Crippen molar-refractivity contribution in [1.29, 1.82) is 0 Å². The maximum Gasteiger partial charge on any atom is 0.257 e. The van der Waals surface area contributed by atoms with E-state index < -0.39 is 0 Å². The molecule has 1 amide bonds. The molecule has 4 nitrogen and oxygen atoms in total. The van der Waals surface area contributed by atoms with E-state index in [1.165, 1.54) is 12.0 Å². The number of hydrogen-bond acceptors (Lipinski definition) is 3. The van der Waals surface area contributed by atoms with Crippen LogP contribution < -0.4 is 5.32 Å². The third-order valence-corrected chi connectivity index (χ3v) is 5.53. The van der Waals surface area contributed by atoms with Crippen LogP contribution in [0.2, 0.25) is 5.02 Å². The molecule has 0 atom stereocenters. The van der Waals surface area contributed by atoms with Gasteiger partial charge in [-0.3, -0.25) is 9.78 Å². The second kappa shape index (κ2) is 8.19. The quantitative estimate of drug-likeness (QED) is 0.642. The van der Waals surface area contributed by atoms with E-state index in [1.54, 1.807) is 6.20 Å². The Bertz CT molecular complexity index is 995. The summed E-state index contributed by atoms with van der Waals surface area (Å²) in [6, 6.07) is 14.0. The normalized spacial score (nSPS) is 14.3. The van der Waals surface area contributed by atoms with Gasteiger partial charge in [0.05, 0.1) is 16.8 Å². The molecule has 2 aromatic carbocycles. The third kappa shape index (κ3) is 3.97. The summed E-state index contributed by atoms with van der Waals surface area (Å²) in [6.07, 6.45) is 5.01. The number of nitrogens with one attached hydrogen (secondary N) is 1. The molecule has 0 aliphatic carbocycles. The number of piperidine rings is 1. The summed E-state index contributed by atoms with van der Waals surface area (Å²) >= 11 is 6.25. The van der Waals surface area contributed by atoms with Gasteiger partial charge in [0.25, 0.3) is 5.91 Å². The molecule has 144 valence electrons. The molecular formula is C23H24ClN3O. The van der Waals surface area contributed by atoms with Gasteiger partial charge in [-0.25, -0.2) is 0 Å². The SMILES string of the molecule is Cc1ccc(CNc2c(C(=O)N3CCCCC3)cnc3ccc(Cl)cc23)cc1. The van der Waals surface area contributed by atoms with Crippen molar-refractivity contribution >= 4 is 34.1 Å². The summed E-state index contributed by atoms with van der Waals surface area (Å²) in [6.45, 7) is 4.32. The molecular weight excluding hydrogens is 370 g/mol. The number of carbonyl (C=O) groups is 1. The number of nitrogens with zero attached hydrogens (tertiary/aromatic N) is 2. The van der Waals surface area contributed by atoms with Crippen LogP contribution >= 0.6 is 11.6 Å². The Hall–Kier alpha value is -2.59. The number of pyridine rings is 1. The number of aromatic nitrogens is 1. The summed E-state index contributed by atoms with van der Waals surface area (Å²) in [5.74, 6) is 0.0421. The van der Waals surface area contributed by atoms with Crippen molar-refractivity contribution in [2.24, 2.45) is 0 Å². The first-order valence-corrected chi connectivity index (χ1v) is 10.2. The predicted molar refractivity (Wildman–Crippen MR) is 115 cm³/mol. The minimum absolute atomic E-state index is 0.0421. The van der Waals surface area contributed by atoms with Gasteiger partial charge in [-0.05, 0) is 49.9 Å². The van der Waals surface area contributed by atoms with Crippen molar-refractivity contribution in [3.05, 3.63) is 70.4 Å². The molecule has 1 aliphatic rings. The number of carbonyl (C=O) groups excluding carboxylic acids is 1. The van der Waals surface area contributed by atoms with Gasteiger partial charge in [-0.2, -0.15) is 0 Å². The fourth-order valence-corrected chi connectivity index (χ4v) is 3.85. The van der Waals surface area contributed by atoms with Gasteiger partial charge in [0.1, 0.15) is 0 Å². The number of rotatable bonds is 4. The minimum atomic E-state index is 0.0421. The van der Waals surface area contributed by atoms with Crippen molar-refractivity contribution in [2.45, 2.75) is 32.7 Å². The van der Waals surface area contributed by atoms with E-state index >= 15 is 0 Å². The van der Waals surface area contributed by atoms with E-state index in [9.17, 15) is 4.79 Å². The first-order chi connectivity index (χ1) is 13.6. The number of anilines is 1. The van der Waals surface area contributed by atoms with Gasteiger partial charge in [0.15, 0.2) is 0 Å². The smallest absolute Gasteiger partial charge is 0.257 e. The molecule has 28 heavy (non-hydrogen) atoms. The zero-order valence-electron chi connectivity index (χ0n) is 16.0. The number of fused-ring (bicyclic) bond motifs is 1. The zero-order chi connectivity index (χ0) is 19.5. The van der Waals surface area contributed by atoms with Crippen LogP contribution in [0.15, 0.2) is 48.7 Å². The van der Waals surface area contributed by atoms with Crippen LogP contribution in [0.4, 0.5) is 5.69 Å². The van der Waals surface area contributed by atoms with E-state index in [0.29, 0.717) is 17.1 Å². The summed E-state index contributed by atoms with van der Waals surface area (Å²) < 4.78 is 0. The van der Waals surface area contributed by atoms with Crippen LogP contribution in [0.1, 0.15) is 40.7 Å². The standard InChI is InChI=1S/C23H24ClN3O/c1-16-5-7-17(8-6-16)14-26-22-19-13-18(24)9-10-21(19)25-15-20(22)23(28)27-11-3-2-4-12-27/h5-10,13,15H,2-4,11-12,14H2,1H3,(H,25,26). The molecule has 0 radical (unpaired) electrons. The first kappa shape index (κ1) is 18.8. The molecule has 3 aromatic rings. The number of halogens is 1. The zero-order valence-corrected chi connectivity index (χ0v) is 16.8. The summed E-state index contributed by atoms with van der Waals surface area (Å²) in [4.78, 5) is 19.7. The maximum atomic E-state index is 13.2. The highest BCUT2D eigenvalue weighted by Crippen LogP contribution is 2.30. The summed E-state index contributed by atoms with van der Waals surface area (Å²) in [5.41, 5.74) is 4.64. The van der Waals surface area contributed by atoms with Gasteiger partial charge in [-0.15, -0.1) is 0 Å². The van der Waals surface area contributed by atoms with Gasteiger partial charge in [0, 0.05) is 36.2 Å². The van der Waals surface area contributed by atoms with Crippen LogP contribution in [-0.4, -0.2) is 28.9 Å². The van der Waals surface area contributed by atoms with Crippen molar-refractivity contribution in [1.82, 2.24) is 9.88 Å². The Balaban J connectivity index is 1.72. The molecule has 0 bridgehead atoms. The lowest BCUT2D eigenvalue weighted by atomic mass is 10.1. The number of aryl methyl sites for hydroxylation is 1. The summed E-state index contributed by atoms with van der Waals surface area (Å²) in [7, 11) is 0. The number of amides is 1. The molecule has 1 fully saturated rings. The van der Waals surface area contributed by atoms with Crippen molar-refractivity contribution in [3.63, 3.8) is 0 Å². The average Bonchev–Trinajstić information content (AvgIpc) is 2.73. The molecule has 2 heterocycles. The molecule has 4 rings (SSSR count). The van der Waals surface area contributed by atoms with Crippen molar-refractivity contribution in [2.75, 3.05) is 18.4 Å². The van der Waals surface area contributed by atoms with Crippen LogP contribution in [0.25, 0.3) is 10.9 Å². The van der Waals surface area contributed by atoms with Crippen LogP contribution in [0.5, 0.6) is 0 Å². The van der Waals surface area contributed by atoms with Crippen molar-refractivity contribution < 1.29 is 4.79 Å². The lowest BCUT2D eigenvalue weighted by Gasteiger charge is -2.27. The fraction of sp³-hybridized carbons (Fsp3) is 0.304. The Morgan fingerprint density at radius 2 is 1.86 bits per heavy atom. The predicted octanol–water partition coefficient (Wildman–Crippen LogP) is 5.43. The summed E-state index contributed by atoms with van der Waals surface area (Å²) in [5, 5.41) is 5.00. The first-order valence-electron chi connectivity index (χ1n) is 9.79. The van der Waals surface area contributed by atoms with E-state index in [4.69, 9.17) is 11.6 Å². The monoisotopic (exact) mass is 393 g/mol. The van der Waals surface area contributed by atoms with E-state index in [1.807, 2.05) is 23.1 Å². The highest BCUT2D eigenvalue weighted by Gasteiger charge is 2.22. The Morgan fingerprint density at radius 1 is 1.11 bits per heavy atom.